The molecule has 0 spiro atoms. The molecular formula is C20H26N4O6. The number of aromatic amines is 1. The zero-order valence-corrected chi connectivity index (χ0v) is 17.2. The number of fused-ring (bicyclic) bond motifs is 1. The van der Waals surface area contributed by atoms with Crippen molar-refractivity contribution in [1.82, 2.24) is 9.55 Å². The Morgan fingerprint density at radius 3 is 2.57 bits per heavy atom. The third kappa shape index (κ3) is 4.04. The SMILES string of the molecule is CCCn1c(N)c(N(CCOC)C(=O)C2Oc3ccccc3OC2C)c(=O)[nH]c1=O. The second kappa shape index (κ2) is 9.04. The Hall–Kier alpha value is -3.27. The number of para-hydroxylation sites is 2. The molecule has 0 saturated heterocycles. The molecular weight excluding hydrogens is 392 g/mol. The molecule has 162 valence electrons. The lowest BCUT2D eigenvalue weighted by atomic mass is 10.1. The van der Waals surface area contributed by atoms with E-state index in [-0.39, 0.29) is 24.7 Å². The minimum absolute atomic E-state index is 0.0428. The summed E-state index contributed by atoms with van der Waals surface area (Å²) in [5.41, 5.74) is 4.67. The van der Waals surface area contributed by atoms with Gasteiger partial charge < -0.3 is 19.9 Å². The van der Waals surface area contributed by atoms with Crippen molar-refractivity contribution in [2.75, 3.05) is 30.9 Å². The molecule has 1 aliphatic rings. The van der Waals surface area contributed by atoms with E-state index in [1.807, 2.05) is 6.92 Å². The number of nitrogen functional groups attached to an aromatic ring is 1. The number of methoxy groups -OCH3 is 1. The zero-order valence-electron chi connectivity index (χ0n) is 17.2. The number of H-pyrrole nitrogens is 1. The highest BCUT2D eigenvalue weighted by molar-refractivity contribution is 5.99. The van der Waals surface area contributed by atoms with Gasteiger partial charge in [0.2, 0.25) is 6.10 Å². The van der Waals surface area contributed by atoms with Crippen LogP contribution in [0.3, 0.4) is 0 Å². The predicted octanol–water partition coefficient (Wildman–Crippen LogP) is 0.737. The Balaban J connectivity index is 2.03. The van der Waals surface area contributed by atoms with Crippen LogP contribution in [0.25, 0.3) is 0 Å². The summed E-state index contributed by atoms with van der Waals surface area (Å²) in [5, 5.41) is 0. The van der Waals surface area contributed by atoms with E-state index in [2.05, 4.69) is 4.98 Å². The fourth-order valence-electron chi connectivity index (χ4n) is 3.34. The molecule has 0 aliphatic carbocycles. The molecule has 2 heterocycles. The number of carbonyl (C=O) groups excluding carboxylic acids is 1. The number of hydrogen-bond acceptors (Lipinski definition) is 7. The number of nitrogens with zero attached hydrogens (tertiary/aromatic N) is 2. The van der Waals surface area contributed by atoms with Crippen LogP contribution in [-0.4, -0.2) is 47.9 Å². The maximum atomic E-state index is 13.5. The summed E-state index contributed by atoms with van der Waals surface area (Å²) in [6.07, 6.45) is -1.00. The van der Waals surface area contributed by atoms with Gasteiger partial charge in [0, 0.05) is 20.2 Å². The van der Waals surface area contributed by atoms with E-state index >= 15 is 0 Å². The second-order valence-electron chi connectivity index (χ2n) is 6.94. The fourth-order valence-corrected chi connectivity index (χ4v) is 3.34. The Labute approximate surface area is 173 Å². The van der Waals surface area contributed by atoms with Crippen molar-refractivity contribution in [2.45, 2.75) is 39.0 Å². The average molecular weight is 418 g/mol. The second-order valence-corrected chi connectivity index (χ2v) is 6.94. The van der Waals surface area contributed by atoms with Gasteiger partial charge in [0.1, 0.15) is 11.9 Å². The van der Waals surface area contributed by atoms with Crippen LogP contribution in [-0.2, 0) is 16.1 Å². The first-order chi connectivity index (χ1) is 14.4. The van der Waals surface area contributed by atoms with Gasteiger partial charge in [-0.3, -0.25) is 24.0 Å². The number of hydrogen-bond donors (Lipinski definition) is 2. The van der Waals surface area contributed by atoms with Crippen LogP contribution < -0.4 is 31.4 Å². The van der Waals surface area contributed by atoms with Gasteiger partial charge in [0.15, 0.2) is 17.2 Å². The summed E-state index contributed by atoms with van der Waals surface area (Å²) < 4.78 is 18.1. The minimum Gasteiger partial charge on any atom is -0.482 e. The third-order valence-electron chi connectivity index (χ3n) is 4.80. The number of carbonyl (C=O) groups is 1. The molecule has 1 aliphatic heterocycles. The molecule has 0 bridgehead atoms. The summed E-state index contributed by atoms with van der Waals surface area (Å²) in [6, 6.07) is 7.02. The number of aromatic nitrogens is 2. The largest absolute Gasteiger partial charge is 0.482 e. The van der Waals surface area contributed by atoms with Crippen LogP contribution in [0.5, 0.6) is 11.5 Å². The first kappa shape index (κ1) is 21.4. The van der Waals surface area contributed by atoms with Gasteiger partial charge in [0.25, 0.3) is 11.5 Å². The molecule has 0 radical (unpaired) electrons. The highest BCUT2D eigenvalue weighted by Crippen LogP contribution is 2.34. The molecule has 0 saturated carbocycles. The lowest BCUT2D eigenvalue weighted by Gasteiger charge is -2.34. The van der Waals surface area contributed by atoms with Gasteiger partial charge in [0.05, 0.1) is 6.61 Å². The van der Waals surface area contributed by atoms with Crippen LogP contribution in [0.2, 0.25) is 0 Å². The minimum atomic E-state index is -1.01. The Kier molecular flexibility index (Phi) is 6.46. The summed E-state index contributed by atoms with van der Waals surface area (Å²) in [4.78, 5) is 41.7. The molecule has 1 aromatic heterocycles. The number of ether oxygens (including phenoxy) is 3. The van der Waals surface area contributed by atoms with E-state index in [4.69, 9.17) is 19.9 Å². The fraction of sp³-hybridized carbons (Fsp3) is 0.450. The summed E-state index contributed by atoms with van der Waals surface area (Å²) in [6.45, 7) is 4.07. The molecule has 3 N–H and O–H groups in total. The van der Waals surface area contributed by atoms with E-state index in [0.29, 0.717) is 24.5 Å². The van der Waals surface area contributed by atoms with E-state index in [1.54, 1.807) is 31.2 Å². The van der Waals surface area contributed by atoms with Crippen LogP contribution in [0, 0.1) is 0 Å². The van der Waals surface area contributed by atoms with Crippen LogP contribution in [0.4, 0.5) is 11.5 Å². The van der Waals surface area contributed by atoms with Crippen molar-refractivity contribution in [3.63, 3.8) is 0 Å². The molecule has 1 amide bonds. The lowest BCUT2D eigenvalue weighted by Crippen LogP contribution is -2.53. The number of rotatable bonds is 7. The quantitative estimate of drug-likeness (QED) is 0.678. The molecule has 0 fully saturated rings. The molecule has 2 unspecified atom stereocenters. The van der Waals surface area contributed by atoms with Crippen molar-refractivity contribution in [3.05, 3.63) is 45.1 Å². The molecule has 30 heavy (non-hydrogen) atoms. The van der Waals surface area contributed by atoms with Crippen molar-refractivity contribution < 1.29 is 19.0 Å². The maximum absolute atomic E-state index is 13.5. The molecule has 10 nitrogen and oxygen atoms in total. The van der Waals surface area contributed by atoms with Crippen LogP contribution >= 0.6 is 0 Å². The number of nitrogens with one attached hydrogen (secondary N) is 1. The number of amides is 1. The van der Waals surface area contributed by atoms with Crippen molar-refractivity contribution in [1.29, 1.82) is 0 Å². The van der Waals surface area contributed by atoms with Crippen LogP contribution in [0.1, 0.15) is 20.3 Å². The Bertz CT molecular complexity index is 1030. The molecule has 1 aromatic carbocycles. The van der Waals surface area contributed by atoms with E-state index in [9.17, 15) is 14.4 Å². The lowest BCUT2D eigenvalue weighted by molar-refractivity contribution is -0.130. The first-order valence-electron chi connectivity index (χ1n) is 9.74. The predicted molar refractivity (Wildman–Crippen MR) is 111 cm³/mol. The van der Waals surface area contributed by atoms with Gasteiger partial charge in [-0.05, 0) is 25.5 Å². The Morgan fingerprint density at radius 1 is 1.27 bits per heavy atom. The number of anilines is 2. The van der Waals surface area contributed by atoms with Gasteiger partial charge >= 0.3 is 5.69 Å². The summed E-state index contributed by atoms with van der Waals surface area (Å²) in [5.74, 6) is 0.359. The Morgan fingerprint density at radius 2 is 1.93 bits per heavy atom. The smallest absolute Gasteiger partial charge is 0.330 e. The van der Waals surface area contributed by atoms with E-state index < -0.39 is 29.4 Å². The molecule has 2 aromatic rings. The molecule has 10 heteroatoms. The van der Waals surface area contributed by atoms with Crippen LogP contribution in [0.15, 0.2) is 33.9 Å². The van der Waals surface area contributed by atoms with Gasteiger partial charge in [-0.25, -0.2) is 4.79 Å². The monoisotopic (exact) mass is 418 g/mol. The van der Waals surface area contributed by atoms with Crippen molar-refractivity contribution in [3.8, 4) is 11.5 Å². The van der Waals surface area contributed by atoms with Crippen molar-refractivity contribution >= 4 is 17.4 Å². The highest BCUT2D eigenvalue weighted by Gasteiger charge is 2.38. The average Bonchev–Trinajstić information content (AvgIpc) is 2.72. The van der Waals surface area contributed by atoms with Crippen molar-refractivity contribution in [2.24, 2.45) is 0 Å². The first-order valence-corrected chi connectivity index (χ1v) is 9.74. The van der Waals surface area contributed by atoms with E-state index in [1.165, 1.54) is 16.6 Å². The summed E-state index contributed by atoms with van der Waals surface area (Å²) in [7, 11) is 1.48. The molecule has 3 rings (SSSR count). The normalized spacial score (nSPS) is 17.6. The third-order valence-corrected chi connectivity index (χ3v) is 4.80. The highest BCUT2D eigenvalue weighted by atomic mass is 16.6. The topological polar surface area (TPSA) is 129 Å². The van der Waals surface area contributed by atoms with E-state index in [0.717, 1.165) is 0 Å². The number of benzene rings is 1. The standard InChI is InChI=1S/C20H26N4O6/c1-4-9-24-17(21)15(18(25)22-20(24)27)23(10-11-28-3)19(26)16-12(2)29-13-7-5-6-8-14(13)30-16/h5-8,12,16H,4,9-11,21H2,1-3H3,(H,22,25,27). The molecule has 2 atom stereocenters. The maximum Gasteiger partial charge on any atom is 0.330 e. The summed E-state index contributed by atoms with van der Waals surface area (Å²) >= 11 is 0. The zero-order chi connectivity index (χ0) is 21.8. The van der Waals surface area contributed by atoms with Gasteiger partial charge in [-0.1, -0.05) is 19.1 Å². The van der Waals surface area contributed by atoms with Gasteiger partial charge in [-0.15, -0.1) is 0 Å². The number of nitrogens with two attached hydrogens (primary N) is 1. The van der Waals surface area contributed by atoms with Gasteiger partial charge in [-0.2, -0.15) is 0 Å².